The van der Waals surface area contributed by atoms with Gasteiger partial charge in [0.2, 0.25) is 5.88 Å². The number of aryl methyl sites for hydroxylation is 1. The molecule has 3 heterocycles. The summed E-state index contributed by atoms with van der Waals surface area (Å²) in [6, 6.07) is 1.40. The molecule has 3 rings (SSSR count). The number of nitrogen functional groups attached to an aromatic ring is 2. The quantitative estimate of drug-likeness (QED) is 0.152. The van der Waals surface area contributed by atoms with Crippen LogP contribution in [0.4, 0.5) is 5.13 Å². The molecule has 2 atom stereocenters. The first-order valence-electron chi connectivity index (χ1n) is 8.95. The molecule has 1 amide bonds. The number of nitrogens with zero attached hydrogens (tertiary/aromatic N) is 4. The molecule has 0 radical (unpaired) electrons. The number of hydrogen-bond donors (Lipinski definition) is 5. The number of nitrogens with two attached hydrogens (primary N) is 2. The topological polar surface area (TPSA) is 179 Å². The highest BCUT2D eigenvalue weighted by molar-refractivity contribution is 7.13. The zero-order valence-corrected chi connectivity index (χ0v) is 17.3. The van der Waals surface area contributed by atoms with E-state index < -0.39 is 5.91 Å². The van der Waals surface area contributed by atoms with E-state index in [1.165, 1.54) is 16.0 Å². The molecule has 0 unspecified atom stereocenters. The number of aromatic nitrogens is 3. The Kier molecular flexibility index (Phi) is 6.20. The lowest BCUT2D eigenvalue weighted by Gasteiger charge is -2.39. The Hall–Kier alpha value is -3.61. The van der Waals surface area contributed by atoms with Crippen molar-refractivity contribution < 1.29 is 14.4 Å². The van der Waals surface area contributed by atoms with E-state index in [0.717, 1.165) is 5.70 Å². The van der Waals surface area contributed by atoms with E-state index in [9.17, 15) is 4.79 Å². The Balaban J connectivity index is 1.59. The highest BCUT2D eigenvalue weighted by Gasteiger charge is 2.33. The highest BCUT2D eigenvalue weighted by atomic mass is 32.1. The minimum absolute atomic E-state index is 0.00607. The Bertz CT molecular complexity index is 997. The molecule has 0 aromatic carbocycles. The summed E-state index contributed by atoms with van der Waals surface area (Å²) in [7, 11) is 1.65. The zero-order chi connectivity index (χ0) is 21.8. The van der Waals surface area contributed by atoms with E-state index in [2.05, 4.69) is 32.5 Å². The SMILES string of the molecule is C=C1N[C@@H](C)[C@@H]1NC(=O)/C(=N\OCCOc1cc(C(=N)N)n(C)n1)c1csc(N)n1. The van der Waals surface area contributed by atoms with Gasteiger partial charge in [-0.15, -0.1) is 16.4 Å². The number of hydrogen-bond acceptors (Lipinski definition) is 10. The predicted molar refractivity (Wildman–Crippen MR) is 112 cm³/mol. The normalized spacial score (nSPS) is 18.3. The smallest absolute Gasteiger partial charge is 0.276 e. The van der Waals surface area contributed by atoms with Crippen LogP contribution in [-0.4, -0.2) is 57.5 Å². The predicted octanol–water partition coefficient (Wildman–Crippen LogP) is -0.467. The van der Waals surface area contributed by atoms with Crippen molar-refractivity contribution >= 4 is 33.9 Å². The summed E-state index contributed by atoms with van der Waals surface area (Å²) in [5.74, 6) is -0.264. The molecule has 0 saturated carbocycles. The van der Waals surface area contributed by atoms with E-state index in [-0.39, 0.29) is 36.8 Å². The summed E-state index contributed by atoms with van der Waals surface area (Å²) in [6.45, 7) is 5.94. The van der Waals surface area contributed by atoms with Gasteiger partial charge in [-0.3, -0.25) is 14.9 Å². The van der Waals surface area contributed by atoms with Gasteiger partial charge in [0, 0.05) is 30.2 Å². The Morgan fingerprint density at radius 2 is 2.30 bits per heavy atom. The number of ether oxygens (including phenoxy) is 1. The number of nitrogens with one attached hydrogen (secondary N) is 3. The molecule has 1 saturated heterocycles. The summed E-state index contributed by atoms with van der Waals surface area (Å²) in [6.07, 6.45) is 0. The van der Waals surface area contributed by atoms with Gasteiger partial charge in [0.1, 0.15) is 23.8 Å². The third-order valence-electron chi connectivity index (χ3n) is 4.27. The number of anilines is 1. The summed E-state index contributed by atoms with van der Waals surface area (Å²) in [5, 5.41) is 23.3. The summed E-state index contributed by atoms with van der Waals surface area (Å²) < 4.78 is 6.90. The van der Waals surface area contributed by atoms with E-state index in [4.69, 9.17) is 26.5 Å². The van der Waals surface area contributed by atoms with Gasteiger partial charge in [0.15, 0.2) is 17.5 Å². The fourth-order valence-corrected chi connectivity index (χ4v) is 3.30. The minimum Gasteiger partial charge on any atom is -0.473 e. The van der Waals surface area contributed by atoms with Crippen LogP contribution in [-0.2, 0) is 16.7 Å². The van der Waals surface area contributed by atoms with Crippen LogP contribution in [0.2, 0.25) is 0 Å². The van der Waals surface area contributed by atoms with Gasteiger partial charge in [-0.25, -0.2) is 4.98 Å². The maximum atomic E-state index is 12.7. The molecule has 12 nitrogen and oxygen atoms in total. The molecular weight excluding hydrogens is 410 g/mol. The van der Waals surface area contributed by atoms with Crippen molar-refractivity contribution in [3.05, 3.63) is 35.1 Å². The number of amidine groups is 1. The Morgan fingerprint density at radius 1 is 1.53 bits per heavy atom. The number of carbonyl (C=O) groups excluding carboxylic acids is 1. The second-order valence-electron chi connectivity index (χ2n) is 6.51. The number of thiazole rings is 1. The van der Waals surface area contributed by atoms with Gasteiger partial charge in [0.25, 0.3) is 5.91 Å². The van der Waals surface area contributed by atoms with Crippen molar-refractivity contribution in [2.45, 2.75) is 19.0 Å². The van der Waals surface area contributed by atoms with Gasteiger partial charge in [0.05, 0.1) is 6.04 Å². The van der Waals surface area contributed by atoms with Crippen molar-refractivity contribution in [3.8, 4) is 5.88 Å². The fourth-order valence-electron chi connectivity index (χ4n) is 2.75. The number of carbonyl (C=O) groups is 1. The van der Waals surface area contributed by atoms with Crippen molar-refractivity contribution in [2.75, 3.05) is 18.9 Å². The first-order valence-corrected chi connectivity index (χ1v) is 9.83. The van der Waals surface area contributed by atoms with Crippen molar-refractivity contribution in [3.63, 3.8) is 0 Å². The van der Waals surface area contributed by atoms with Crippen LogP contribution in [0, 0.1) is 5.41 Å². The number of oxime groups is 1. The molecule has 13 heteroatoms. The Morgan fingerprint density at radius 3 is 2.87 bits per heavy atom. The molecule has 160 valence electrons. The number of amides is 1. The summed E-state index contributed by atoms with van der Waals surface area (Å²) in [4.78, 5) is 22.1. The van der Waals surface area contributed by atoms with E-state index in [0.29, 0.717) is 22.4 Å². The third kappa shape index (κ3) is 4.68. The lowest BCUT2D eigenvalue weighted by molar-refractivity contribution is -0.115. The average Bonchev–Trinajstić information content (AvgIpc) is 3.28. The van der Waals surface area contributed by atoms with Crippen molar-refractivity contribution in [2.24, 2.45) is 17.9 Å². The van der Waals surface area contributed by atoms with Crippen molar-refractivity contribution in [1.29, 1.82) is 5.41 Å². The zero-order valence-electron chi connectivity index (χ0n) is 16.5. The van der Waals surface area contributed by atoms with Crippen LogP contribution < -0.4 is 26.8 Å². The first-order chi connectivity index (χ1) is 14.3. The molecule has 7 N–H and O–H groups in total. The van der Waals surface area contributed by atoms with E-state index >= 15 is 0 Å². The van der Waals surface area contributed by atoms with Crippen LogP contribution in [0.1, 0.15) is 18.3 Å². The molecule has 1 aliphatic heterocycles. The van der Waals surface area contributed by atoms with E-state index in [1.807, 2.05) is 6.92 Å². The van der Waals surface area contributed by atoms with Crippen molar-refractivity contribution in [1.82, 2.24) is 25.4 Å². The standard InChI is InChI=1S/C17H23N9O3S/c1-8-13(9(2)21-8)23-16(27)14(10-7-30-17(20)22-10)25-29-5-4-28-12-6-11(15(18)19)26(3)24-12/h6-7,9,13,21H,1,4-5H2,2-3H3,(H3,18,19)(H2,20,22)(H,23,27)/b25-14-/t9-,13+/m0/s1. The third-order valence-corrected chi connectivity index (χ3v) is 4.94. The molecule has 1 aliphatic rings. The maximum absolute atomic E-state index is 12.7. The molecule has 0 spiro atoms. The lowest BCUT2D eigenvalue weighted by Crippen LogP contribution is -2.61. The summed E-state index contributed by atoms with van der Waals surface area (Å²) in [5.41, 5.74) is 12.6. The van der Waals surface area contributed by atoms with E-state index in [1.54, 1.807) is 18.5 Å². The van der Waals surface area contributed by atoms with Crippen LogP contribution in [0.5, 0.6) is 5.88 Å². The first kappa shape index (κ1) is 21.1. The van der Waals surface area contributed by atoms with Gasteiger partial charge < -0.3 is 31.7 Å². The molecule has 0 aliphatic carbocycles. The van der Waals surface area contributed by atoms with Crippen LogP contribution in [0.3, 0.4) is 0 Å². The van der Waals surface area contributed by atoms with Gasteiger partial charge in [-0.2, -0.15) is 0 Å². The maximum Gasteiger partial charge on any atom is 0.276 e. The molecule has 2 aromatic heterocycles. The van der Waals surface area contributed by atoms with Crippen LogP contribution >= 0.6 is 11.3 Å². The lowest BCUT2D eigenvalue weighted by atomic mass is 9.98. The van der Waals surface area contributed by atoms with Crippen LogP contribution in [0.25, 0.3) is 0 Å². The number of rotatable bonds is 9. The molecule has 2 aromatic rings. The van der Waals surface area contributed by atoms with Gasteiger partial charge in [-0.1, -0.05) is 11.7 Å². The average molecular weight is 433 g/mol. The second kappa shape index (κ2) is 8.82. The molecule has 30 heavy (non-hydrogen) atoms. The van der Waals surface area contributed by atoms with Gasteiger partial charge >= 0.3 is 0 Å². The molecule has 0 bridgehead atoms. The molecular formula is C17H23N9O3S. The second-order valence-corrected chi connectivity index (χ2v) is 7.40. The fraction of sp³-hybridized carbons (Fsp3) is 0.353. The minimum atomic E-state index is -0.448. The summed E-state index contributed by atoms with van der Waals surface area (Å²) >= 11 is 1.19. The van der Waals surface area contributed by atoms with Crippen LogP contribution in [0.15, 0.2) is 28.9 Å². The highest BCUT2D eigenvalue weighted by Crippen LogP contribution is 2.16. The molecule has 1 fully saturated rings. The Labute approximate surface area is 176 Å². The monoisotopic (exact) mass is 433 g/mol. The largest absolute Gasteiger partial charge is 0.473 e. The van der Waals surface area contributed by atoms with Gasteiger partial charge in [-0.05, 0) is 6.92 Å².